The van der Waals surface area contributed by atoms with E-state index in [1.807, 2.05) is 44.2 Å². The van der Waals surface area contributed by atoms with Gasteiger partial charge in [-0.1, -0.05) is 56.2 Å². The highest BCUT2D eigenvalue weighted by molar-refractivity contribution is 5.92. The van der Waals surface area contributed by atoms with Crippen molar-refractivity contribution in [2.75, 3.05) is 6.54 Å². The van der Waals surface area contributed by atoms with Crippen LogP contribution < -0.4 is 5.32 Å². The number of carbonyl (C=O) groups is 1. The second-order valence-electron chi connectivity index (χ2n) is 4.48. The van der Waals surface area contributed by atoms with Gasteiger partial charge in [-0.3, -0.25) is 4.79 Å². The predicted octanol–water partition coefficient (Wildman–Crippen LogP) is 4.43. The molecule has 0 aliphatic carbocycles. The molecular weight excluding hydrogens is 258 g/mol. The minimum atomic E-state index is -0.154. The maximum Gasteiger partial charge on any atom is 0.246 e. The molecule has 0 radical (unpaired) electrons. The number of carbonyl (C=O) groups excluding carboxylic acids is 1. The fourth-order valence-corrected chi connectivity index (χ4v) is 1.53. The Balaban J connectivity index is 5.18. The van der Waals surface area contributed by atoms with Gasteiger partial charge in [-0.25, -0.2) is 0 Å². The van der Waals surface area contributed by atoms with E-state index >= 15 is 0 Å². The van der Waals surface area contributed by atoms with Crippen molar-refractivity contribution < 1.29 is 4.79 Å². The third-order valence-corrected chi connectivity index (χ3v) is 2.78. The summed E-state index contributed by atoms with van der Waals surface area (Å²) >= 11 is 0. The summed E-state index contributed by atoms with van der Waals surface area (Å²) in [5, 5.41) is 2.80. The SMILES string of the molecule is C=CC(=C/C=C\C)/C(/C=C(\C=C)CNC(=O)C(=C)C)=C/C. The monoisotopic (exact) mass is 283 g/mol. The quantitative estimate of drug-likeness (QED) is 0.518. The van der Waals surface area contributed by atoms with Crippen LogP contribution in [0.4, 0.5) is 0 Å². The van der Waals surface area contributed by atoms with E-state index in [1.165, 1.54) is 0 Å². The van der Waals surface area contributed by atoms with E-state index in [2.05, 4.69) is 25.1 Å². The van der Waals surface area contributed by atoms with E-state index in [9.17, 15) is 4.79 Å². The molecule has 21 heavy (non-hydrogen) atoms. The van der Waals surface area contributed by atoms with Crippen molar-refractivity contribution in [1.82, 2.24) is 5.32 Å². The third kappa shape index (κ3) is 7.11. The lowest BCUT2D eigenvalue weighted by molar-refractivity contribution is -0.117. The molecule has 0 rings (SSSR count). The molecule has 0 aliphatic rings. The van der Waals surface area contributed by atoms with Gasteiger partial charge in [0.1, 0.15) is 0 Å². The average molecular weight is 283 g/mol. The smallest absolute Gasteiger partial charge is 0.246 e. The summed E-state index contributed by atoms with van der Waals surface area (Å²) in [7, 11) is 0. The lowest BCUT2D eigenvalue weighted by atomic mass is 10.0. The average Bonchev–Trinajstić information content (AvgIpc) is 2.49. The molecule has 0 aromatic rings. The van der Waals surface area contributed by atoms with Gasteiger partial charge >= 0.3 is 0 Å². The molecule has 0 bridgehead atoms. The molecule has 0 atom stereocenters. The van der Waals surface area contributed by atoms with Crippen LogP contribution in [0.3, 0.4) is 0 Å². The number of amides is 1. The Morgan fingerprint density at radius 1 is 1.14 bits per heavy atom. The van der Waals surface area contributed by atoms with Gasteiger partial charge in [0.25, 0.3) is 0 Å². The Morgan fingerprint density at radius 3 is 2.24 bits per heavy atom. The van der Waals surface area contributed by atoms with Crippen molar-refractivity contribution in [1.29, 1.82) is 0 Å². The standard InChI is InChI=1S/C19H25NO/c1-7-11-12-17(9-3)18(10-4)13-16(8-2)14-20-19(21)15(5)6/h7-13H,2-3,5,14H2,1,4,6H3,(H,20,21)/b11-7-,16-13+,17-12-,18-10+. The van der Waals surface area contributed by atoms with E-state index < -0.39 is 0 Å². The summed E-state index contributed by atoms with van der Waals surface area (Å²) < 4.78 is 0. The Kier molecular flexibility index (Phi) is 9.27. The molecule has 0 aromatic carbocycles. The zero-order chi connectivity index (χ0) is 16.3. The molecule has 0 aromatic heterocycles. The summed E-state index contributed by atoms with van der Waals surface area (Å²) in [5.41, 5.74) is 3.46. The van der Waals surface area contributed by atoms with E-state index in [0.29, 0.717) is 12.1 Å². The zero-order valence-electron chi connectivity index (χ0n) is 13.3. The molecule has 0 unspecified atom stereocenters. The molecule has 1 N–H and O–H groups in total. The van der Waals surface area contributed by atoms with E-state index in [-0.39, 0.29) is 5.91 Å². The van der Waals surface area contributed by atoms with Crippen molar-refractivity contribution in [3.05, 3.63) is 84.6 Å². The summed E-state index contributed by atoms with van der Waals surface area (Å²) in [4.78, 5) is 11.5. The van der Waals surface area contributed by atoms with Gasteiger partial charge in [-0.15, -0.1) is 0 Å². The van der Waals surface area contributed by atoms with E-state index in [4.69, 9.17) is 0 Å². The maximum atomic E-state index is 11.5. The Bertz CT molecular complexity index is 528. The fourth-order valence-electron chi connectivity index (χ4n) is 1.53. The Labute approximate surface area is 128 Å². The molecule has 2 heteroatoms. The molecular formula is C19H25NO. The van der Waals surface area contributed by atoms with Crippen LogP contribution in [0.25, 0.3) is 0 Å². The lowest BCUT2D eigenvalue weighted by Gasteiger charge is -2.08. The normalized spacial score (nSPS) is 13.2. The largest absolute Gasteiger partial charge is 0.348 e. The second-order valence-corrected chi connectivity index (χ2v) is 4.48. The molecule has 1 amide bonds. The highest BCUT2D eigenvalue weighted by Gasteiger charge is 2.03. The number of rotatable bonds is 8. The van der Waals surface area contributed by atoms with Gasteiger partial charge in [0.05, 0.1) is 0 Å². The zero-order valence-corrected chi connectivity index (χ0v) is 13.3. The first-order valence-corrected chi connectivity index (χ1v) is 6.88. The first kappa shape index (κ1) is 18.7. The summed E-state index contributed by atoms with van der Waals surface area (Å²) in [6.45, 7) is 17.3. The van der Waals surface area contributed by atoms with E-state index in [0.717, 1.165) is 16.7 Å². The van der Waals surface area contributed by atoms with E-state index in [1.54, 1.807) is 19.1 Å². The molecule has 112 valence electrons. The van der Waals surface area contributed by atoms with Gasteiger partial charge in [0.2, 0.25) is 5.91 Å². The molecule has 0 aliphatic heterocycles. The van der Waals surface area contributed by atoms with Crippen LogP contribution in [-0.2, 0) is 4.79 Å². The minimum Gasteiger partial charge on any atom is -0.348 e. The Hall–Kier alpha value is -2.35. The molecule has 0 saturated carbocycles. The van der Waals surface area contributed by atoms with Gasteiger partial charge < -0.3 is 5.32 Å². The molecule has 0 heterocycles. The van der Waals surface area contributed by atoms with Crippen molar-refractivity contribution in [2.24, 2.45) is 0 Å². The number of nitrogens with one attached hydrogen (secondary N) is 1. The van der Waals surface area contributed by atoms with Gasteiger partial charge in [-0.05, 0) is 43.6 Å². The number of hydrogen-bond donors (Lipinski definition) is 1. The third-order valence-electron chi connectivity index (χ3n) is 2.78. The van der Waals surface area contributed by atoms with Crippen molar-refractivity contribution in [3.8, 4) is 0 Å². The van der Waals surface area contributed by atoms with Gasteiger partial charge in [0, 0.05) is 12.1 Å². The molecule has 2 nitrogen and oxygen atoms in total. The highest BCUT2D eigenvalue weighted by atomic mass is 16.1. The summed E-state index contributed by atoms with van der Waals surface area (Å²) in [5.74, 6) is -0.154. The topological polar surface area (TPSA) is 29.1 Å². The van der Waals surface area contributed by atoms with Crippen LogP contribution in [0.1, 0.15) is 20.8 Å². The van der Waals surface area contributed by atoms with Crippen LogP contribution in [0.15, 0.2) is 84.6 Å². The van der Waals surface area contributed by atoms with Gasteiger partial charge in [0.15, 0.2) is 0 Å². The first-order chi connectivity index (χ1) is 9.99. The highest BCUT2D eigenvalue weighted by Crippen LogP contribution is 2.15. The number of hydrogen-bond acceptors (Lipinski definition) is 1. The van der Waals surface area contributed by atoms with Crippen LogP contribution in [-0.4, -0.2) is 12.5 Å². The van der Waals surface area contributed by atoms with Crippen LogP contribution in [0.5, 0.6) is 0 Å². The molecule has 0 saturated heterocycles. The van der Waals surface area contributed by atoms with Gasteiger partial charge in [-0.2, -0.15) is 0 Å². The summed E-state index contributed by atoms with van der Waals surface area (Å²) in [6.07, 6.45) is 13.4. The fraction of sp³-hybridized carbons (Fsp3) is 0.211. The van der Waals surface area contributed by atoms with Crippen molar-refractivity contribution >= 4 is 5.91 Å². The van der Waals surface area contributed by atoms with Crippen LogP contribution in [0.2, 0.25) is 0 Å². The van der Waals surface area contributed by atoms with Crippen molar-refractivity contribution in [2.45, 2.75) is 20.8 Å². The van der Waals surface area contributed by atoms with Crippen LogP contribution in [0, 0.1) is 0 Å². The van der Waals surface area contributed by atoms with Crippen molar-refractivity contribution in [3.63, 3.8) is 0 Å². The minimum absolute atomic E-state index is 0.154. The Morgan fingerprint density at radius 2 is 1.81 bits per heavy atom. The first-order valence-electron chi connectivity index (χ1n) is 6.88. The lowest BCUT2D eigenvalue weighted by Crippen LogP contribution is -2.25. The van der Waals surface area contributed by atoms with Crippen LogP contribution >= 0.6 is 0 Å². The molecule has 0 fully saturated rings. The number of allylic oxidation sites excluding steroid dienone is 8. The molecule has 0 spiro atoms. The second kappa shape index (κ2) is 10.4. The maximum absolute atomic E-state index is 11.5. The predicted molar refractivity (Wildman–Crippen MR) is 93.0 cm³/mol. The summed E-state index contributed by atoms with van der Waals surface area (Å²) in [6, 6.07) is 0.